The zero-order valence-corrected chi connectivity index (χ0v) is 12.8. The SMILES string of the molecule is SCCCCCCCCCCCCC1=CC=CC1. The summed E-state index contributed by atoms with van der Waals surface area (Å²) in [7, 11) is 0. The molecule has 1 rings (SSSR count). The number of unbranched alkanes of at least 4 members (excludes halogenated alkanes) is 9. The lowest BCUT2D eigenvalue weighted by molar-refractivity contribution is 0.556. The Hall–Kier alpha value is -0.170. The normalized spacial score (nSPS) is 14.2. The molecule has 0 atom stereocenters. The molecule has 0 aliphatic heterocycles. The van der Waals surface area contributed by atoms with Gasteiger partial charge in [-0.1, -0.05) is 75.2 Å². The number of hydrogen-bond acceptors (Lipinski definition) is 1. The zero-order chi connectivity index (χ0) is 12.9. The minimum absolute atomic E-state index is 1.06. The second-order valence-electron chi connectivity index (χ2n) is 5.47. The maximum atomic E-state index is 4.24. The van der Waals surface area contributed by atoms with Crippen molar-refractivity contribution in [1.82, 2.24) is 0 Å². The van der Waals surface area contributed by atoms with Crippen LogP contribution in [-0.2, 0) is 0 Å². The molecule has 0 saturated carbocycles. The summed E-state index contributed by atoms with van der Waals surface area (Å²) < 4.78 is 0. The van der Waals surface area contributed by atoms with Crippen molar-refractivity contribution < 1.29 is 0 Å². The predicted molar refractivity (Wildman–Crippen MR) is 86.5 cm³/mol. The fourth-order valence-corrected chi connectivity index (χ4v) is 2.78. The van der Waals surface area contributed by atoms with E-state index in [-0.39, 0.29) is 0 Å². The van der Waals surface area contributed by atoms with Crippen LogP contribution in [0.4, 0.5) is 0 Å². The van der Waals surface area contributed by atoms with Gasteiger partial charge >= 0.3 is 0 Å². The maximum absolute atomic E-state index is 4.24. The first-order valence-corrected chi connectivity index (χ1v) is 8.52. The van der Waals surface area contributed by atoms with Gasteiger partial charge in [0.25, 0.3) is 0 Å². The largest absolute Gasteiger partial charge is 0.179 e. The molecule has 0 aromatic heterocycles. The van der Waals surface area contributed by atoms with Crippen LogP contribution < -0.4 is 0 Å². The van der Waals surface area contributed by atoms with E-state index in [4.69, 9.17) is 0 Å². The Morgan fingerprint density at radius 2 is 1.33 bits per heavy atom. The molecule has 0 fully saturated rings. The Morgan fingerprint density at radius 3 is 1.83 bits per heavy atom. The van der Waals surface area contributed by atoms with E-state index in [1.165, 1.54) is 77.0 Å². The Kier molecular flexibility index (Phi) is 10.5. The Morgan fingerprint density at radius 1 is 0.778 bits per heavy atom. The first kappa shape index (κ1) is 15.9. The van der Waals surface area contributed by atoms with E-state index in [0.717, 1.165) is 5.75 Å². The van der Waals surface area contributed by atoms with E-state index in [1.54, 1.807) is 5.57 Å². The molecular formula is C17H30S. The molecule has 1 aliphatic rings. The fraction of sp³-hybridized carbons (Fsp3) is 0.765. The molecule has 0 aromatic rings. The molecule has 0 saturated heterocycles. The van der Waals surface area contributed by atoms with E-state index in [9.17, 15) is 0 Å². The van der Waals surface area contributed by atoms with E-state index in [0.29, 0.717) is 0 Å². The predicted octanol–water partition coefficient (Wildman–Crippen LogP) is 6.09. The monoisotopic (exact) mass is 266 g/mol. The lowest BCUT2D eigenvalue weighted by Gasteiger charge is -2.03. The van der Waals surface area contributed by atoms with Crippen LogP contribution in [0.2, 0.25) is 0 Å². The summed E-state index contributed by atoms with van der Waals surface area (Å²) in [5, 5.41) is 0. The molecule has 0 unspecified atom stereocenters. The van der Waals surface area contributed by atoms with Crippen molar-refractivity contribution in [2.24, 2.45) is 0 Å². The van der Waals surface area contributed by atoms with E-state index in [2.05, 4.69) is 30.9 Å². The summed E-state index contributed by atoms with van der Waals surface area (Å²) >= 11 is 4.24. The van der Waals surface area contributed by atoms with Crippen molar-refractivity contribution in [1.29, 1.82) is 0 Å². The standard InChI is InChI=1S/C17H30S/c18-16-12-8-6-4-2-1-3-5-7-9-13-17-14-10-11-15-17/h10-11,14,18H,1-9,12-13,15-16H2. The van der Waals surface area contributed by atoms with Crippen LogP contribution in [0, 0.1) is 0 Å². The van der Waals surface area contributed by atoms with Crippen LogP contribution in [0.25, 0.3) is 0 Å². The summed E-state index contributed by atoms with van der Waals surface area (Å²) in [6, 6.07) is 0. The van der Waals surface area contributed by atoms with Crippen LogP contribution in [-0.4, -0.2) is 5.75 Å². The second-order valence-corrected chi connectivity index (χ2v) is 5.91. The van der Waals surface area contributed by atoms with Crippen molar-refractivity contribution in [3.8, 4) is 0 Å². The van der Waals surface area contributed by atoms with Crippen LogP contribution in [0.3, 0.4) is 0 Å². The van der Waals surface area contributed by atoms with Gasteiger partial charge in [-0.05, 0) is 31.4 Å². The van der Waals surface area contributed by atoms with E-state index >= 15 is 0 Å². The number of thiol groups is 1. The summed E-state index contributed by atoms with van der Waals surface area (Å²) in [5.74, 6) is 1.06. The summed E-state index contributed by atoms with van der Waals surface area (Å²) in [4.78, 5) is 0. The molecule has 104 valence electrons. The lowest BCUT2D eigenvalue weighted by Crippen LogP contribution is -1.84. The van der Waals surface area contributed by atoms with Gasteiger partial charge in [-0.15, -0.1) is 0 Å². The Balaban J connectivity index is 1.71. The minimum Gasteiger partial charge on any atom is -0.179 e. The molecular weight excluding hydrogens is 236 g/mol. The molecule has 1 heteroatoms. The van der Waals surface area contributed by atoms with E-state index < -0.39 is 0 Å². The number of allylic oxidation sites excluding steroid dienone is 4. The molecule has 0 N–H and O–H groups in total. The quantitative estimate of drug-likeness (QED) is 0.320. The Bertz CT molecular complexity index is 240. The molecule has 0 nitrogen and oxygen atoms in total. The lowest BCUT2D eigenvalue weighted by atomic mass is 10.0. The first-order valence-electron chi connectivity index (χ1n) is 7.89. The van der Waals surface area contributed by atoms with Gasteiger partial charge in [0, 0.05) is 0 Å². The average Bonchev–Trinajstić information content (AvgIpc) is 2.89. The smallest absolute Gasteiger partial charge is 0.00979 e. The van der Waals surface area contributed by atoms with Gasteiger partial charge in [0.15, 0.2) is 0 Å². The number of rotatable bonds is 12. The van der Waals surface area contributed by atoms with Crippen LogP contribution in [0.1, 0.15) is 77.0 Å². The van der Waals surface area contributed by atoms with Gasteiger partial charge in [0.1, 0.15) is 0 Å². The van der Waals surface area contributed by atoms with Gasteiger partial charge in [-0.25, -0.2) is 0 Å². The highest BCUT2D eigenvalue weighted by Gasteiger charge is 1.99. The third-order valence-corrected chi connectivity index (χ3v) is 4.07. The molecule has 0 amide bonds. The van der Waals surface area contributed by atoms with Crippen LogP contribution >= 0.6 is 12.6 Å². The van der Waals surface area contributed by atoms with Gasteiger partial charge in [0.05, 0.1) is 0 Å². The molecule has 0 radical (unpaired) electrons. The highest BCUT2D eigenvalue weighted by molar-refractivity contribution is 7.80. The summed E-state index contributed by atoms with van der Waals surface area (Å²) in [6.07, 6.45) is 23.5. The molecule has 0 heterocycles. The average molecular weight is 266 g/mol. The zero-order valence-electron chi connectivity index (χ0n) is 11.9. The molecule has 0 spiro atoms. The minimum atomic E-state index is 1.06. The van der Waals surface area contributed by atoms with Crippen molar-refractivity contribution in [2.75, 3.05) is 5.75 Å². The van der Waals surface area contributed by atoms with Crippen LogP contribution in [0.15, 0.2) is 23.8 Å². The topological polar surface area (TPSA) is 0 Å². The molecule has 0 bridgehead atoms. The van der Waals surface area contributed by atoms with Crippen molar-refractivity contribution in [3.05, 3.63) is 23.8 Å². The highest BCUT2D eigenvalue weighted by Crippen LogP contribution is 2.18. The van der Waals surface area contributed by atoms with Gasteiger partial charge in [-0.3, -0.25) is 0 Å². The molecule has 0 aromatic carbocycles. The van der Waals surface area contributed by atoms with Gasteiger partial charge < -0.3 is 0 Å². The third-order valence-electron chi connectivity index (χ3n) is 3.75. The van der Waals surface area contributed by atoms with Gasteiger partial charge in [0.2, 0.25) is 0 Å². The van der Waals surface area contributed by atoms with Crippen molar-refractivity contribution in [2.45, 2.75) is 77.0 Å². The third kappa shape index (κ3) is 8.85. The Labute approximate surface area is 119 Å². The molecule has 18 heavy (non-hydrogen) atoms. The summed E-state index contributed by atoms with van der Waals surface area (Å²) in [6.45, 7) is 0. The highest BCUT2D eigenvalue weighted by atomic mass is 32.1. The second kappa shape index (κ2) is 11.9. The summed E-state index contributed by atoms with van der Waals surface area (Å²) in [5.41, 5.74) is 1.64. The van der Waals surface area contributed by atoms with Crippen molar-refractivity contribution >= 4 is 12.6 Å². The van der Waals surface area contributed by atoms with Crippen molar-refractivity contribution in [3.63, 3.8) is 0 Å². The maximum Gasteiger partial charge on any atom is -0.00979 e. The van der Waals surface area contributed by atoms with Gasteiger partial charge in [-0.2, -0.15) is 12.6 Å². The van der Waals surface area contributed by atoms with Crippen LogP contribution in [0.5, 0.6) is 0 Å². The number of hydrogen-bond donors (Lipinski definition) is 1. The molecule has 1 aliphatic carbocycles. The van der Waals surface area contributed by atoms with E-state index in [1.807, 2.05) is 0 Å². The fourth-order valence-electron chi connectivity index (χ4n) is 2.56. The first-order chi connectivity index (χ1) is 8.93.